The molecular formula is C12H14ClN3O3. The second-order valence-corrected chi connectivity index (χ2v) is 4.42. The minimum Gasteiger partial charge on any atom is -0.465 e. The Hall–Kier alpha value is -1.69. The summed E-state index contributed by atoms with van der Waals surface area (Å²) in [5, 5.41) is 0.0829. The van der Waals surface area contributed by atoms with Crippen molar-refractivity contribution in [2.24, 2.45) is 5.92 Å². The standard InChI is InChI=1S/C12H14ClN3O3/c1-3-16-6-8(11(18)19-4-2)9(17)7-5-14-12(13)15-10(7)16/h5,8H,3-4,6H2,1-2H3/t8-/m0/s1. The van der Waals surface area contributed by atoms with Crippen molar-refractivity contribution in [2.75, 3.05) is 24.6 Å². The molecule has 0 bridgehead atoms. The van der Waals surface area contributed by atoms with Crippen LogP contribution in [0.15, 0.2) is 6.20 Å². The van der Waals surface area contributed by atoms with Gasteiger partial charge in [-0.2, -0.15) is 4.98 Å². The van der Waals surface area contributed by atoms with E-state index in [4.69, 9.17) is 16.3 Å². The number of aromatic nitrogens is 2. The highest BCUT2D eigenvalue weighted by Crippen LogP contribution is 2.28. The first-order valence-corrected chi connectivity index (χ1v) is 6.44. The summed E-state index contributed by atoms with van der Waals surface area (Å²) in [7, 11) is 0. The molecule has 7 heteroatoms. The number of ether oxygens (including phenoxy) is 1. The van der Waals surface area contributed by atoms with Gasteiger partial charge in [0.15, 0.2) is 5.78 Å². The highest BCUT2D eigenvalue weighted by Gasteiger charge is 2.38. The quantitative estimate of drug-likeness (QED) is 0.473. The van der Waals surface area contributed by atoms with Gasteiger partial charge in [-0.25, -0.2) is 4.98 Å². The molecule has 1 aromatic rings. The SMILES string of the molecule is CCOC(=O)[C@H]1CN(CC)c2nc(Cl)ncc2C1=O. The van der Waals surface area contributed by atoms with Gasteiger partial charge in [0, 0.05) is 19.3 Å². The lowest BCUT2D eigenvalue weighted by atomic mass is 9.94. The van der Waals surface area contributed by atoms with E-state index in [-0.39, 0.29) is 24.2 Å². The number of esters is 1. The topological polar surface area (TPSA) is 72.4 Å². The molecule has 1 aromatic heterocycles. The Balaban J connectivity index is 2.39. The van der Waals surface area contributed by atoms with Crippen LogP contribution < -0.4 is 4.90 Å². The van der Waals surface area contributed by atoms with Gasteiger partial charge >= 0.3 is 5.97 Å². The summed E-state index contributed by atoms with van der Waals surface area (Å²) < 4.78 is 4.93. The van der Waals surface area contributed by atoms with Gasteiger partial charge in [0.1, 0.15) is 11.7 Å². The van der Waals surface area contributed by atoms with Crippen LogP contribution in [0.1, 0.15) is 24.2 Å². The summed E-state index contributed by atoms with van der Waals surface area (Å²) in [6, 6.07) is 0. The maximum Gasteiger partial charge on any atom is 0.318 e. The second kappa shape index (κ2) is 5.52. The lowest BCUT2D eigenvalue weighted by molar-refractivity contribution is -0.145. The Kier molecular flexibility index (Phi) is 3.99. The monoisotopic (exact) mass is 283 g/mol. The van der Waals surface area contributed by atoms with Crippen LogP contribution in [0.2, 0.25) is 5.28 Å². The van der Waals surface area contributed by atoms with Crippen molar-refractivity contribution in [2.45, 2.75) is 13.8 Å². The van der Waals surface area contributed by atoms with Crippen molar-refractivity contribution in [3.05, 3.63) is 17.0 Å². The molecule has 0 aliphatic carbocycles. The van der Waals surface area contributed by atoms with Crippen molar-refractivity contribution in [1.29, 1.82) is 0 Å². The number of fused-ring (bicyclic) bond motifs is 1. The Bertz CT molecular complexity index is 521. The highest BCUT2D eigenvalue weighted by molar-refractivity contribution is 6.28. The fourth-order valence-corrected chi connectivity index (χ4v) is 2.18. The number of carbonyl (C=O) groups excluding carboxylic acids is 2. The molecule has 0 saturated carbocycles. The Morgan fingerprint density at radius 1 is 1.58 bits per heavy atom. The zero-order valence-electron chi connectivity index (χ0n) is 10.7. The molecule has 0 spiro atoms. The smallest absolute Gasteiger partial charge is 0.318 e. The average molecular weight is 284 g/mol. The first-order chi connectivity index (χ1) is 9.08. The summed E-state index contributed by atoms with van der Waals surface area (Å²) in [6.45, 7) is 4.74. The summed E-state index contributed by atoms with van der Waals surface area (Å²) in [5.74, 6) is -1.16. The lowest BCUT2D eigenvalue weighted by Gasteiger charge is -2.31. The van der Waals surface area contributed by atoms with Crippen molar-refractivity contribution in [3.8, 4) is 0 Å². The maximum atomic E-state index is 12.3. The highest BCUT2D eigenvalue weighted by atomic mass is 35.5. The van der Waals surface area contributed by atoms with Crippen LogP contribution in [0, 0.1) is 5.92 Å². The van der Waals surface area contributed by atoms with E-state index >= 15 is 0 Å². The van der Waals surface area contributed by atoms with Gasteiger partial charge in [-0.05, 0) is 25.4 Å². The first-order valence-electron chi connectivity index (χ1n) is 6.06. The molecule has 6 nitrogen and oxygen atoms in total. The van der Waals surface area contributed by atoms with Crippen LogP contribution in [0.5, 0.6) is 0 Å². The van der Waals surface area contributed by atoms with Crippen LogP contribution in [0.25, 0.3) is 0 Å². The van der Waals surface area contributed by atoms with E-state index in [9.17, 15) is 9.59 Å². The second-order valence-electron chi connectivity index (χ2n) is 4.08. The van der Waals surface area contributed by atoms with Crippen molar-refractivity contribution < 1.29 is 14.3 Å². The minimum atomic E-state index is -0.822. The minimum absolute atomic E-state index is 0.0829. The first kappa shape index (κ1) is 13.7. The Labute approximate surface area is 115 Å². The number of anilines is 1. The molecular weight excluding hydrogens is 270 g/mol. The van der Waals surface area contributed by atoms with E-state index < -0.39 is 11.9 Å². The number of hydrogen-bond acceptors (Lipinski definition) is 6. The molecule has 2 rings (SSSR count). The number of rotatable bonds is 3. The van der Waals surface area contributed by atoms with E-state index in [1.165, 1.54) is 6.20 Å². The van der Waals surface area contributed by atoms with Gasteiger partial charge in [-0.3, -0.25) is 9.59 Å². The molecule has 1 atom stereocenters. The summed E-state index contributed by atoms with van der Waals surface area (Å²) >= 11 is 5.74. The fraction of sp³-hybridized carbons (Fsp3) is 0.500. The summed E-state index contributed by atoms with van der Waals surface area (Å²) in [4.78, 5) is 33.8. The zero-order chi connectivity index (χ0) is 14.0. The maximum absolute atomic E-state index is 12.3. The molecule has 2 heterocycles. The zero-order valence-corrected chi connectivity index (χ0v) is 11.5. The van der Waals surface area contributed by atoms with Crippen molar-refractivity contribution in [3.63, 3.8) is 0 Å². The fourth-order valence-electron chi connectivity index (χ4n) is 2.05. The number of carbonyl (C=O) groups is 2. The third-order valence-corrected chi connectivity index (χ3v) is 3.16. The van der Waals surface area contributed by atoms with Crippen molar-refractivity contribution in [1.82, 2.24) is 9.97 Å². The molecule has 0 amide bonds. The normalized spacial score (nSPS) is 18.2. The molecule has 0 aromatic carbocycles. The molecule has 102 valence electrons. The predicted octanol–water partition coefficient (Wildman–Crippen LogP) is 1.33. The molecule has 1 aliphatic rings. The lowest BCUT2D eigenvalue weighted by Crippen LogP contribution is -2.44. The largest absolute Gasteiger partial charge is 0.465 e. The molecule has 19 heavy (non-hydrogen) atoms. The molecule has 0 saturated heterocycles. The molecule has 0 N–H and O–H groups in total. The van der Waals surface area contributed by atoms with E-state index in [0.717, 1.165) is 0 Å². The molecule has 1 aliphatic heterocycles. The number of halogens is 1. The molecule has 0 unspecified atom stereocenters. The van der Waals surface area contributed by atoms with Crippen molar-refractivity contribution >= 4 is 29.2 Å². The predicted molar refractivity (Wildman–Crippen MR) is 69.4 cm³/mol. The van der Waals surface area contributed by atoms with Gasteiger partial charge < -0.3 is 9.64 Å². The number of ketones is 1. The number of Topliss-reactive ketones (excluding diaryl/α,β-unsaturated/α-hetero) is 1. The van der Waals surface area contributed by atoms with Crippen LogP contribution >= 0.6 is 11.6 Å². The van der Waals surface area contributed by atoms with Crippen LogP contribution in [-0.2, 0) is 9.53 Å². The van der Waals surface area contributed by atoms with Gasteiger partial charge in [0.05, 0.1) is 12.2 Å². The van der Waals surface area contributed by atoms with E-state index in [0.29, 0.717) is 17.9 Å². The summed E-state index contributed by atoms with van der Waals surface area (Å²) in [6.07, 6.45) is 1.36. The molecule has 0 radical (unpaired) electrons. The number of nitrogens with zero attached hydrogens (tertiary/aromatic N) is 3. The number of hydrogen-bond donors (Lipinski definition) is 0. The van der Waals surface area contributed by atoms with Crippen LogP contribution in [-0.4, -0.2) is 41.4 Å². The molecule has 0 fully saturated rings. The summed E-state index contributed by atoms with van der Waals surface area (Å²) in [5.41, 5.74) is 0.315. The van der Waals surface area contributed by atoms with Gasteiger partial charge in [-0.1, -0.05) is 0 Å². The Morgan fingerprint density at radius 2 is 2.32 bits per heavy atom. The van der Waals surface area contributed by atoms with Gasteiger partial charge in [-0.15, -0.1) is 0 Å². The van der Waals surface area contributed by atoms with Crippen LogP contribution in [0.4, 0.5) is 5.82 Å². The van der Waals surface area contributed by atoms with E-state index in [2.05, 4.69) is 9.97 Å². The van der Waals surface area contributed by atoms with Crippen LogP contribution in [0.3, 0.4) is 0 Å². The van der Waals surface area contributed by atoms with Gasteiger partial charge in [0.2, 0.25) is 5.28 Å². The van der Waals surface area contributed by atoms with E-state index in [1.54, 1.807) is 6.92 Å². The average Bonchev–Trinajstić information content (AvgIpc) is 2.39. The van der Waals surface area contributed by atoms with Gasteiger partial charge in [0.25, 0.3) is 0 Å². The third-order valence-electron chi connectivity index (χ3n) is 2.98. The Morgan fingerprint density at radius 3 is 2.95 bits per heavy atom. The van der Waals surface area contributed by atoms with E-state index in [1.807, 2.05) is 11.8 Å². The third kappa shape index (κ3) is 2.53.